The van der Waals surface area contributed by atoms with Crippen molar-refractivity contribution in [2.75, 3.05) is 0 Å². The van der Waals surface area contributed by atoms with Crippen LogP contribution in [-0.2, 0) is 9.59 Å². The highest BCUT2D eigenvalue weighted by atomic mass is 16.1. The molecule has 0 spiro atoms. The number of allylic oxidation sites excluding steroid dienone is 2. The number of fused-ring (bicyclic) bond motifs is 1. The second kappa shape index (κ2) is 5.88. The van der Waals surface area contributed by atoms with E-state index in [1.54, 1.807) is 35.4 Å². The van der Waals surface area contributed by atoms with Gasteiger partial charge in [0.2, 0.25) is 5.91 Å². The molecule has 124 valence electrons. The predicted octanol–water partition coefficient (Wildman–Crippen LogP) is 0.780. The van der Waals surface area contributed by atoms with E-state index in [0.717, 1.165) is 0 Å². The van der Waals surface area contributed by atoms with Gasteiger partial charge in [-0.25, -0.2) is 0 Å². The van der Waals surface area contributed by atoms with Gasteiger partial charge in [-0.2, -0.15) is 10.5 Å². The number of nitrogens with zero attached hydrogens (tertiary/aromatic N) is 4. The maximum Gasteiger partial charge on any atom is 0.240 e. The number of pyridine rings is 1. The lowest BCUT2D eigenvalue weighted by Gasteiger charge is -2.30. The molecule has 0 unspecified atom stereocenters. The molecule has 0 aliphatic carbocycles. The Morgan fingerprint density at radius 1 is 1.36 bits per heavy atom. The normalized spacial score (nSPS) is 26.1. The molecule has 2 aliphatic rings. The van der Waals surface area contributed by atoms with Crippen LogP contribution in [0.4, 0.5) is 0 Å². The summed E-state index contributed by atoms with van der Waals surface area (Å²) < 4.78 is 0. The van der Waals surface area contributed by atoms with Crippen molar-refractivity contribution in [2.24, 2.45) is 11.1 Å². The molecule has 7 heteroatoms. The van der Waals surface area contributed by atoms with Crippen molar-refractivity contribution < 1.29 is 9.59 Å². The Bertz CT molecular complexity index is 861. The standard InChI is InChI=1S/C18H15N5O2/c1-11(24)13-4-5-14-18(9-19,10-20)15(12-3-2-6-22-7-12)16(17(21)25)23(14)8-13/h2-8,14-16H,1H3,(H2,21,25)/t14-,15-,16+/m0/s1. The molecule has 1 amide bonds. The van der Waals surface area contributed by atoms with E-state index in [9.17, 15) is 20.1 Å². The smallest absolute Gasteiger partial charge is 0.240 e. The quantitative estimate of drug-likeness (QED) is 0.871. The molecule has 3 heterocycles. The number of ketones is 1. The summed E-state index contributed by atoms with van der Waals surface area (Å²) >= 11 is 0. The lowest BCUT2D eigenvalue weighted by molar-refractivity contribution is -0.122. The van der Waals surface area contributed by atoms with Gasteiger partial charge in [0, 0.05) is 30.1 Å². The van der Waals surface area contributed by atoms with Crippen LogP contribution in [0.25, 0.3) is 0 Å². The van der Waals surface area contributed by atoms with Gasteiger partial charge in [0.25, 0.3) is 0 Å². The van der Waals surface area contributed by atoms with Crippen LogP contribution in [0.2, 0.25) is 0 Å². The fourth-order valence-corrected chi connectivity index (χ4v) is 3.64. The van der Waals surface area contributed by atoms with E-state index in [0.29, 0.717) is 11.1 Å². The number of hydrogen-bond acceptors (Lipinski definition) is 6. The third-order valence-electron chi connectivity index (χ3n) is 4.77. The summed E-state index contributed by atoms with van der Waals surface area (Å²) in [5, 5.41) is 19.7. The van der Waals surface area contributed by atoms with Gasteiger partial charge in [-0.1, -0.05) is 18.2 Å². The summed E-state index contributed by atoms with van der Waals surface area (Å²) in [6, 6.07) is 5.97. The first-order chi connectivity index (χ1) is 12.0. The number of nitriles is 2. The predicted molar refractivity (Wildman–Crippen MR) is 87.2 cm³/mol. The lowest BCUT2D eigenvalue weighted by Crippen LogP contribution is -2.43. The number of carbonyl (C=O) groups excluding carboxylic acids is 2. The van der Waals surface area contributed by atoms with Crippen molar-refractivity contribution >= 4 is 11.7 Å². The number of Topliss-reactive ketones (excluding diaryl/α,β-unsaturated/α-hetero) is 1. The topological polar surface area (TPSA) is 124 Å². The SMILES string of the molecule is CC(=O)C1=CN2[C@@H](C=C1)C(C#N)(C#N)[C@@H](c1cccnc1)[C@@H]2C(N)=O. The third kappa shape index (κ3) is 2.29. The molecule has 3 atom stereocenters. The molecule has 3 rings (SSSR count). The molecular formula is C18H15N5O2. The first-order valence-electron chi connectivity index (χ1n) is 7.66. The Labute approximate surface area is 144 Å². The van der Waals surface area contributed by atoms with Gasteiger partial charge in [-0.05, 0) is 18.6 Å². The van der Waals surface area contributed by atoms with Crippen LogP contribution in [0.5, 0.6) is 0 Å². The highest BCUT2D eigenvalue weighted by Crippen LogP contribution is 2.52. The Kier molecular flexibility index (Phi) is 3.86. The minimum absolute atomic E-state index is 0.178. The number of carbonyl (C=O) groups is 2. The number of hydrogen-bond donors (Lipinski definition) is 1. The monoisotopic (exact) mass is 333 g/mol. The molecule has 0 bridgehead atoms. The number of primary amides is 1. The average Bonchev–Trinajstić information content (AvgIpc) is 2.92. The van der Waals surface area contributed by atoms with Gasteiger partial charge in [0.1, 0.15) is 6.04 Å². The van der Waals surface area contributed by atoms with Gasteiger partial charge in [0.05, 0.1) is 18.2 Å². The van der Waals surface area contributed by atoms with Crippen molar-refractivity contribution in [1.29, 1.82) is 10.5 Å². The maximum atomic E-state index is 12.2. The lowest BCUT2D eigenvalue weighted by atomic mass is 9.70. The minimum atomic E-state index is -1.53. The number of nitrogens with two attached hydrogens (primary N) is 1. The first kappa shape index (κ1) is 16.4. The van der Waals surface area contributed by atoms with E-state index < -0.39 is 29.3 Å². The van der Waals surface area contributed by atoms with Crippen LogP contribution in [0, 0.1) is 28.1 Å². The molecule has 2 N–H and O–H groups in total. The largest absolute Gasteiger partial charge is 0.368 e. The summed E-state index contributed by atoms with van der Waals surface area (Å²) in [4.78, 5) is 29.6. The van der Waals surface area contributed by atoms with Gasteiger partial charge in [-0.15, -0.1) is 0 Å². The summed E-state index contributed by atoms with van der Waals surface area (Å²) in [5.74, 6) is -1.63. The van der Waals surface area contributed by atoms with Crippen molar-refractivity contribution in [3.63, 3.8) is 0 Å². The molecule has 0 aromatic carbocycles. The zero-order chi connectivity index (χ0) is 18.2. The van der Waals surface area contributed by atoms with Gasteiger partial charge in [0.15, 0.2) is 11.2 Å². The molecular weight excluding hydrogens is 318 g/mol. The Morgan fingerprint density at radius 3 is 2.60 bits per heavy atom. The van der Waals surface area contributed by atoms with Gasteiger partial charge in [-0.3, -0.25) is 14.6 Å². The number of amides is 1. The molecule has 7 nitrogen and oxygen atoms in total. The summed E-state index contributed by atoms with van der Waals surface area (Å²) in [6.07, 6.45) is 7.81. The molecule has 1 saturated heterocycles. The van der Waals surface area contributed by atoms with Gasteiger partial charge >= 0.3 is 0 Å². The minimum Gasteiger partial charge on any atom is -0.368 e. The fraction of sp³-hybridized carbons (Fsp3) is 0.278. The Morgan fingerprint density at radius 2 is 2.08 bits per heavy atom. The zero-order valence-electron chi connectivity index (χ0n) is 13.5. The summed E-state index contributed by atoms with van der Waals surface area (Å²) in [5.41, 5.74) is 5.06. The second-order valence-corrected chi connectivity index (χ2v) is 6.10. The van der Waals surface area contributed by atoms with Crippen LogP contribution in [-0.4, -0.2) is 33.7 Å². The molecule has 1 aromatic heterocycles. The van der Waals surface area contributed by atoms with Crippen molar-refractivity contribution in [3.05, 3.63) is 54.0 Å². The van der Waals surface area contributed by atoms with E-state index in [-0.39, 0.29) is 5.78 Å². The molecule has 0 radical (unpaired) electrons. The maximum absolute atomic E-state index is 12.2. The van der Waals surface area contributed by atoms with E-state index in [2.05, 4.69) is 17.1 Å². The van der Waals surface area contributed by atoms with E-state index in [4.69, 9.17) is 5.73 Å². The molecule has 25 heavy (non-hydrogen) atoms. The van der Waals surface area contributed by atoms with Crippen molar-refractivity contribution in [2.45, 2.75) is 24.9 Å². The number of aromatic nitrogens is 1. The average molecular weight is 333 g/mol. The second-order valence-electron chi connectivity index (χ2n) is 6.10. The summed E-state index contributed by atoms with van der Waals surface area (Å²) in [7, 11) is 0. The van der Waals surface area contributed by atoms with Crippen molar-refractivity contribution in [3.8, 4) is 12.1 Å². The van der Waals surface area contributed by atoms with Gasteiger partial charge < -0.3 is 10.6 Å². The Balaban J connectivity index is 2.24. The molecule has 1 aromatic rings. The molecule has 2 aliphatic heterocycles. The van der Waals surface area contributed by atoms with Crippen LogP contribution < -0.4 is 5.73 Å². The first-order valence-corrected chi connectivity index (χ1v) is 7.66. The fourth-order valence-electron chi connectivity index (χ4n) is 3.64. The van der Waals surface area contributed by atoms with Crippen LogP contribution in [0.3, 0.4) is 0 Å². The van der Waals surface area contributed by atoms with E-state index >= 15 is 0 Å². The third-order valence-corrected chi connectivity index (χ3v) is 4.77. The van der Waals surface area contributed by atoms with E-state index in [1.807, 2.05) is 0 Å². The van der Waals surface area contributed by atoms with Crippen LogP contribution >= 0.6 is 0 Å². The molecule has 0 saturated carbocycles. The Hall–Kier alpha value is -3.45. The zero-order valence-corrected chi connectivity index (χ0v) is 13.5. The van der Waals surface area contributed by atoms with E-state index in [1.165, 1.54) is 19.3 Å². The number of rotatable bonds is 3. The molecule has 1 fully saturated rings. The van der Waals surface area contributed by atoms with Crippen molar-refractivity contribution in [1.82, 2.24) is 9.88 Å². The van der Waals surface area contributed by atoms with Crippen LogP contribution in [0.15, 0.2) is 48.5 Å². The van der Waals surface area contributed by atoms with Crippen LogP contribution in [0.1, 0.15) is 18.4 Å². The highest BCUT2D eigenvalue weighted by Gasteiger charge is 2.62. The summed E-state index contributed by atoms with van der Waals surface area (Å²) in [6.45, 7) is 1.41. The highest BCUT2D eigenvalue weighted by molar-refractivity contribution is 5.96.